The summed E-state index contributed by atoms with van der Waals surface area (Å²) < 4.78 is 0. The molecular formula is H8Cl3ISi. The SMILES string of the molecule is Cl.Cl.Cl.I.[SiH4]. The van der Waals surface area contributed by atoms with E-state index < -0.39 is 0 Å². The zero-order valence-electron chi connectivity index (χ0n) is 1.63. The molecule has 0 aromatic heterocycles. The van der Waals surface area contributed by atoms with Gasteiger partial charge in [0.2, 0.25) is 0 Å². The van der Waals surface area contributed by atoms with Crippen molar-refractivity contribution in [3.05, 3.63) is 0 Å². The highest BCUT2D eigenvalue weighted by Gasteiger charge is -0.0148. The van der Waals surface area contributed by atoms with Crippen LogP contribution in [0.25, 0.3) is 0 Å². The van der Waals surface area contributed by atoms with E-state index in [1.165, 1.54) is 0 Å². The van der Waals surface area contributed by atoms with Crippen LogP contribution >= 0.6 is 61.2 Å². The van der Waals surface area contributed by atoms with Crippen molar-refractivity contribution in [2.24, 2.45) is 0 Å². The van der Waals surface area contributed by atoms with Crippen molar-refractivity contribution in [3.8, 4) is 0 Å². The smallest absolute Gasteiger partial charge is 0.0149 e. The molecular weight excluding hydrogens is 261 g/mol. The van der Waals surface area contributed by atoms with Crippen LogP contribution in [0.3, 0.4) is 0 Å². The average Bonchev–Trinajstić information content (AvgIpc) is 0. The van der Waals surface area contributed by atoms with Gasteiger partial charge in [-0.2, -0.15) is 0 Å². The van der Waals surface area contributed by atoms with Crippen molar-refractivity contribution in [2.75, 3.05) is 0 Å². The molecule has 0 saturated carbocycles. The maximum atomic E-state index is 0. The molecule has 0 spiro atoms. The van der Waals surface area contributed by atoms with Crippen molar-refractivity contribution in [2.45, 2.75) is 0 Å². The number of hydrogen-bond donors (Lipinski definition) is 0. The molecule has 0 saturated heterocycles. The molecule has 5 heteroatoms. The van der Waals surface area contributed by atoms with Gasteiger partial charge >= 0.3 is 0 Å². The van der Waals surface area contributed by atoms with Crippen LogP contribution in [0.2, 0.25) is 0 Å². The molecule has 40 valence electrons. The van der Waals surface area contributed by atoms with Crippen molar-refractivity contribution >= 4 is 72.2 Å². The van der Waals surface area contributed by atoms with E-state index in [9.17, 15) is 0 Å². The van der Waals surface area contributed by atoms with E-state index in [2.05, 4.69) is 0 Å². The van der Waals surface area contributed by atoms with Gasteiger partial charge in [-0.15, -0.1) is 61.2 Å². The van der Waals surface area contributed by atoms with Crippen molar-refractivity contribution in [1.29, 1.82) is 0 Å². The van der Waals surface area contributed by atoms with E-state index in [0.717, 1.165) is 0 Å². The molecule has 0 atom stereocenters. The van der Waals surface area contributed by atoms with Crippen LogP contribution in [0.4, 0.5) is 0 Å². The molecule has 0 fully saturated rings. The van der Waals surface area contributed by atoms with Crippen molar-refractivity contribution in [3.63, 3.8) is 0 Å². The Bertz CT molecular complexity index is 6.85. The molecule has 0 aliphatic carbocycles. The predicted octanol–water partition coefficient (Wildman–Crippen LogP) is 0.432. The highest BCUT2D eigenvalue weighted by Crippen LogP contribution is 0.886. The molecule has 0 radical (unpaired) electrons. The van der Waals surface area contributed by atoms with Gasteiger partial charge in [-0.05, 0) is 11.0 Å². The standard InChI is InChI=1S/3ClH.HI.H4Si/h4*1H;1H4. The molecule has 0 aromatic rings. The lowest BCUT2D eigenvalue weighted by atomic mass is 28.1. The van der Waals surface area contributed by atoms with E-state index >= 15 is 0 Å². The maximum Gasteiger partial charge on any atom is -0.0149 e. The molecule has 0 rings (SSSR count). The van der Waals surface area contributed by atoms with E-state index in [1.54, 1.807) is 0 Å². The number of rotatable bonds is 0. The summed E-state index contributed by atoms with van der Waals surface area (Å²) in [6.45, 7) is 0. The molecule has 0 nitrogen and oxygen atoms in total. The molecule has 0 aliphatic heterocycles. The fourth-order valence-corrected chi connectivity index (χ4v) is 0. The van der Waals surface area contributed by atoms with Crippen LogP contribution in [0.1, 0.15) is 0 Å². The Morgan fingerprint density at radius 3 is 0.600 bits per heavy atom. The first-order valence-corrected chi connectivity index (χ1v) is 0. The predicted molar refractivity (Wildman–Crippen MR) is 48.5 cm³/mol. The Hall–Kier alpha value is 1.82. The lowest BCUT2D eigenvalue weighted by Crippen LogP contribution is -0.381. The third-order valence-electron chi connectivity index (χ3n) is 0. The number of halogens is 4. The maximum absolute atomic E-state index is 0. The van der Waals surface area contributed by atoms with E-state index in [-0.39, 0.29) is 72.2 Å². The van der Waals surface area contributed by atoms with E-state index in [1.807, 2.05) is 0 Å². The second kappa shape index (κ2) is 40.9. The van der Waals surface area contributed by atoms with E-state index in [4.69, 9.17) is 0 Å². The summed E-state index contributed by atoms with van der Waals surface area (Å²) in [7, 11) is 0. The Balaban J connectivity index is 0. The molecule has 0 N–H and O–H groups in total. The molecule has 0 aromatic carbocycles. The third kappa shape index (κ3) is 25.7. The first-order valence-electron chi connectivity index (χ1n) is 0. The largest absolute Gasteiger partial charge is 0.147 e. The Morgan fingerprint density at radius 2 is 0.600 bits per heavy atom. The van der Waals surface area contributed by atoms with Gasteiger partial charge in [-0.25, -0.2) is 0 Å². The van der Waals surface area contributed by atoms with Crippen LogP contribution in [0.5, 0.6) is 0 Å². The summed E-state index contributed by atoms with van der Waals surface area (Å²) in [6, 6.07) is 0. The average molecular weight is 269 g/mol. The summed E-state index contributed by atoms with van der Waals surface area (Å²) >= 11 is 0. The summed E-state index contributed by atoms with van der Waals surface area (Å²) in [5.41, 5.74) is 0. The quantitative estimate of drug-likeness (QED) is 0.442. The lowest BCUT2D eigenvalue weighted by molar-refractivity contribution is 5.75. The van der Waals surface area contributed by atoms with Gasteiger partial charge in [0.1, 0.15) is 0 Å². The van der Waals surface area contributed by atoms with Crippen LogP contribution in [-0.2, 0) is 0 Å². The minimum absolute atomic E-state index is 0. The number of hydrogen-bond acceptors (Lipinski definition) is 0. The summed E-state index contributed by atoms with van der Waals surface area (Å²) in [4.78, 5) is 0. The Morgan fingerprint density at radius 1 is 0.600 bits per heavy atom. The molecule has 5 heavy (non-hydrogen) atoms. The zero-order valence-corrected chi connectivity index (χ0v) is 6.41. The second-order valence-electron chi connectivity index (χ2n) is 0. The van der Waals surface area contributed by atoms with Gasteiger partial charge in [0.05, 0.1) is 0 Å². The Kier molecular flexibility index (Phi) is 571. The van der Waals surface area contributed by atoms with Gasteiger partial charge in [0, 0.05) is 0 Å². The van der Waals surface area contributed by atoms with Crippen LogP contribution in [-0.4, -0.2) is 11.0 Å². The van der Waals surface area contributed by atoms with Crippen LogP contribution in [0, 0.1) is 0 Å². The fourth-order valence-electron chi connectivity index (χ4n) is 0. The Labute approximate surface area is 71.7 Å². The van der Waals surface area contributed by atoms with Crippen LogP contribution < -0.4 is 0 Å². The van der Waals surface area contributed by atoms with Crippen molar-refractivity contribution < 1.29 is 0 Å². The molecule has 0 unspecified atom stereocenters. The zero-order chi connectivity index (χ0) is 0. The molecule has 0 amide bonds. The summed E-state index contributed by atoms with van der Waals surface area (Å²) in [6.07, 6.45) is 0. The monoisotopic (exact) mass is 268 g/mol. The van der Waals surface area contributed by atoms with Gasteiger partial charge in [0.25, 0.3) is 0 Å². The van der Waals surface area contributed by atoms with Crippen molar-refractivity contribution in [1.82, 2.24) is 0 Å². The van der Waals surface area contributed by atoms with Gasteiger partial charge < -0.3 is 0 Å². The highest BCUT2D eigenvalue weighted by atomic mass is 127. The highest BCUT2D eigenvalue weighted by molar-refractivity contribution is 14.0. The van der Waals surface area contributed by atoms with Gasteiger partial charge in [0.15, 0.2) is 0 Å². The first kappa shape index (κ1) is 69.9. The summed E-state index contributed by atoms with van der Waals surface area (Å²) in [5, 5.41) is 0. The topological polar surface area (TPSA) is 0 Å². The second-order valence-corrected chi connectivity index (χ2v) is 0. The molecule has 0 bridgehead atoms. The van der Waals surface area contributed by atoms with Gasteiger partial charge in [-0.3, -0.25) is 0 Å². The van der Waals surface area contributed by atoms with E-state index in [0.29, 0.717) is 0 Å². The third-order valence-corrected chi connectivity index (χ3v) is 0. The first-order chi connectivity index (χ1) is 0. The molecule has 0 heterocycles. The fraction of sp³-hybridized carbons (Fsp3) is 0. The lowest BCUT2D eigenvalue weighted by Gasteiger charge is -0.148. The summed E-state index contributed by atoms with van der Waals surface area (Å²) in [5.74, 6) is 0. The minimum atomic E-state index is 0. The van der Waals surface area contributed by atoms with Gasteiger partial charge in [-0.1, -0.05) is 0 Å². The normalized spacial score (nSPS) is 0. The van der Waals surface area contributed by atoms with Crippen LogP contribution in [0.15, 0.2) is 0 Å². The molecule has 0 aliphatic rings. The minimum Gasteiger partial charge on any atom is -0.147 e.